The number of carbonyl (C=O) groups is 2. The monoisotopic (exact) mass is 437 g/mol. The zero-order valence-corrected chi connectivity index (χ0v) is 18.0. The van der Waals surface area contributed by atoms with Crippen molar-refractivity contribution in [1.29, 1.82) is 0 Å². The predicted octanol–water partition coefficient (Wildman–Crippen LogP) is 1.86. The van der Waals surface area contributed by atoms with Crippen LogP contribution in [0.1, 0.15) is 40.5 Å². The van der Waals surface area contributed by atoms with Crippen LogP contribution >= 0.6 is 11.3 Å². The Kier molecular flexibility index (Phi) is 5.23. The highest BCUT2D eigenvalue weighted by Crippen LogP contribution is 2.48. The normalized spacial score (nSPS) is 22.5. The molecule has 2 amide bonds. The van der Waals surface area contributed by atoms with Crippen molar-refractivity contribution in [3.8, 4) is 10.8 Å². The number of hydrogen-bond acceptors (Lipinski definition) is 7. The summed E-state index contributed by atoms with van der Waals surface area (Å²) in [5.41, 5.74) is 1.12. The highest BCUT2D eigenvalue weighted by molar-refractivity contribution is 7.16. The smallest absolute Gasteiger partial charge is 0.263 e. The first-order valence-electron chi connectivity index (χ1n) is 10.4. The SMILES string of the molecule is Cn1nccc1[C@@H]1C[C@H]1C(=O)N1CCC[C@@H]1CNC(=O)c1cnc(-c2ncccn2)s1. The summed E-state index contributed by atoms with van der Waals surface area (Å²) in [6.45, 7) is 1.20. The van der Waals surface area contributed by atoms with Crippen molar-refractivity contribution in [3.63, 3.8) is 0 Å². The average molecular weight is 438 g/mol. The quantitative estimate of drug-likeness (QED) is 0.631. The summed E-state index contributed by atoms with van der Waals surface area (Å²) in [7, 11) is 1.91. The molecule has 0 unspecified atom stereocenters. The molecule has 3 atom stereocenters. The van der Waals surface area contributed by atoms with E-state index in [0.717, 1.165) is 31.5 Å². The van der Waals surface area contributed by atoms with Crippen LogP contribution in [-0.2, 0) is 11.8 Å². The second-order valence-corrected chi connectivity index (χ2v) is 9.00. The van der Waals surface area contributed by atoms with Gasteiger partial charge in [-0.05, 0) is 31.4 Å². The lowest BCUT2D eigenvalue weighted by Gasteiger charge is -2.25. The van der Waals surface area contributed by atoms with Crippen LogP contribution in [0.4, 0.5) is 0 Å². The Morgan fingerprint density at radius 1 is 1.23 bits per heavy atom. The van der Waals surface area contributed by atoms with Crippen LogP contribution in [0, 0.1) is 5.92 Å². The molecule has 10 heteroatoms. The van der Waals surface area contributed by atoms with Gasteiger partial charge in [0, 0.05) is 62.3 Å². The summed E-state index contributed by atoms with van der Waals surface area (Å²) in [6, 6.07) is 3.76. The molecule has 0 aromatic carbocycles. The van der Waals surface area contributed by atoms with Gasteiger partial charge in [0.2, 0.25) is 5.91 Å². The molecule has 160 valence electrons. The van der Waals surface area contributed by atoms with E-state index in [0.29, 0.717) is 22.3 Å². The van der Waals surface area contributed by atoms with Crippen molar-refractivity contribution in [3.05, 3.63) is 47.5 Å². The topological polar surface area (TPSA) is 106 Å². The fraction of sp³-hybridized carbons (Fsp3) is 0.429. The maximum Gasteiger partial charge on any atom is 0.263 e. The molecule has 5 rings (SSSR count). The summed E-state index contributed by atoms with van der Waals surface area (Å²) in [5.74, 6) is 0.808. The van der Waals surface area contributed by atoms with E-state index in [1.165, 1.54) is 11.3 Å². The van der Waals surface area contributed by atoms with E-state index >= 15 is 0 Å². The van der Waals surface area contributed by atoms with Crippen LogP contribution in [0.3, 0.4) is 0 Å². The van der Waals surface area contributed by atoms with Gasteiger partial charge in [-0.15, -0.1) is 11.3 Å². The largest absolute Gasteiger partial charge is 0.349 e. The van der Waals surface area contributed by atoms with Crippen LogP contribution in [0.2, 0.25) is 0 Å². The van der Waals surface area contributed by atoms with Gasteiger partial charge >= 0.3 is 0 Å². The first-order valence-corrected chi connectivity index (χ1v) is 11.2. The molecule has 1 saturated heterocycles. The van der Waals surface area contributed by atoms with Gasteiger partial charge in [0.1, 0.15) is 4.88 Å². The third kappa shape index (κ3) is 3.95. The number of aromatic nitrogens is 5. The van der Waals surface area contributed by atoms with Crippen LogP contribution in [0.15, 0.2) is 36.9 Å². The lowest BCUT2D eigenvalue weighted by Crippen LogP contribution is -2.43. The lowest BCUT2D eigenvalue weighted by molar-refractivity contribution is -0.133. The minimum atomic E-state index is -0.182. The Bertz CT molecular complexity index is 1100. The van der Waals surface area contributed by atoms with Gasteiger partial charge < -0.3 is 10.2 Å². The molecule has 9 nitrogen and oxygen atoms in total. The number of nitrogens with zero attached hydrogens (tertiary/aromatic N) is 6. The minimum Gasteiger partial charge on any atom is -0.349 e. The number of thiazole rings is 1. The fourth-order valence-corrected chi connectivity index (χ4v) is 5.06. The van der Waals surface area contributed by atoms with Crippen LogP contribution in [0.5, 0.6) is 0 Å². The molecule has 2 aliphatic rings. The third-order valence-corrected chi connectivity index (χ3v) is 6.98. The molecule has 3 aromatic heterocycles. The standard InChI is InChI=1S/C21H23N7O2S/c1-27-16(5-8-26-27)14-10-15(14)21(30)28-9-2-4-13(28)11-24-19(29)17-12-25-20(31-17)18-22-6-3-7-23-18/h3,5-8,12-15H,2,4,9-11H2,1H3,(H,24,29)/t13-,14-,15-/m1/s1. The van der Waals surface area contributed by atoms with Gasteiger partial charge in [0.05, 0.1) is 6.20 Å². The molecule has 0 bridgehead atoms. The van der Waals surface area contributed by atoms with Gasteiger partial charge in [0.25, 0.3) is 5.91 Å². The summed E-state index contributed by atoms with van der Waals surface area (Å²) in [4.78, 5) is 40.8. The van der Waals surface area contributed by atoms with Crippen molar-refractivity contribution in [2.24, 2.45) is 13.0 Å². The minimum absolute atomic E-state index is 0.0293. The zero-order chi connectivity index (χ0) is 21.4. The molecule has 0 spiro atoms. The van der Waals surface area contributed by atoms with E-state index in [1.807, 2.05) is 22.7 Å². The summed E-state index contributed by atoms with van der Waals surface area (Å²) in [6.07, 6.45) is 9.36. The number of hydrogen-bond donors (Lipinski definition) is 1. The summed E-state index contributed by atoms with van der Waals surface area (Å²) < 4.78 is 1.85. The molecule has 3 aromatic rings. The maximum absolute atomic E-state index is 13.1. The van der Waals surface area contributed by atoms with Crippen molar-refractivity contribution < 1.29 is 9.59 Å². The van der Waals surface area contributed by atoms with Crippen LogP contribution in [0.25, 0.3) is 10.8 Å². The molecule has 1 saturated carbocycles. The number of nitrogens with one attached hydrogen (secondary N) is 1. The average Bonchev–Trinajstić information content (AvgIpc) is 3.17. The van der Waals surface area contributed by atoms with Gasteiger partial charge in [-0.1, -0.05) is 0 Å². The molecule has 0 radical (unpaired) electrons. The second-order valence-electron chi connectivity index (χ2n) is 7.97. The molecule has 4 heterocycles. The molecule has 31 heavy (non-hydrogen) atoms. The zero-order valence-electron chi connectivity index (χ0n) is 17.1. The maximum atomic E-state index is 13.1. The highest BCUT2D eigenvalue weighted by Gasteiger charge is 2.48. The van der Waals surface area contributed by atoms with E-state index in [2.05, 4.69) is 25.4 Å². The van der Waals surface area contributed by atoms with Crippen LogP contribution in [-0.4, -0.2) is 60.6 Å². The van der Waals surface area contributed by atoms with E-state index in [1.54, 1.807) is 30.9 Å². The summed E-state index contributed by atoms with van der Waals surface area (Å²) in [5, 5.41) is 7.81. The Balaban J connectivity index is 1.18. The van der Waals surface area contributed by atoms with Crippen molar-refractivity contribution in [2.75, 3.05) is 13.1 Å². The van der Waals surface area contributed by atoms with Crippen molar-refractivity contribution in [1.82, 2.24) is 34.9 Å². The number of amides is 2. The van der Waals surface area contributed by atoms with Gasteiger partial charge in [-0.3, -0.25) is 14.3 Å². The van der Waals surface area contributed by atoms with E-state index < -0.39 is 0 Å². The van der Waals surface area contributed by atoms with Crippen molar-refractivity contribution >= 4 is 23.2 Å². The third-order valence-electron chi connectivity index (χ3n) is 5.99. The van der Waals surface area contributed by atoms with E-state index in [4.69, 9.17) is 0 Å². The number of carbonyl (C=O) groups excluding carboxylic acids is 2. The number of aryl methyl sites for hydroxylation is 1. The number of likely N-dealkylation sites (tertiary alicyclic amines) is 1. The fourth-order valence-electron chi connectivity index (χ4n) is 4.28. The predicted molar refractivity (Wildman–Crippen MR) is 114 cm³/mol. The Labute approximate surface area is 183 Å². The molecule has 1 N–H and O–H groups in total. The molecule has 1 aliphatic heterocycles. The summed E-state index contributed by atoms with van der Waals surface area (Å²) >= 11 is 1.26. The first-order chi connectivity index (χ1) is 15.1. The Hall–Kier alpha value is -3.14. The van der Waals surface area contributed by atoms with E-state index in [9.17, 15) is 9.59 Å². The molecule has 2 fully saturated rings. The second kappa shape index (κ2) is 8.18. The highest BCUT2D eigenvalue weighted by atomic mass is 32.1. The van der Waals surface area contributed by atoms with Gasteiger partial charge in [-0.2, -0.15) is 5.10 Å². The Morgan fingerprint density at radius 3 is 2.84 bits per heavy atom. The lowest BCUT2D eigenvalue weighted by atomic mass is 10.2. The van der Waals surface area contributed by atoms with Gasteiger partial charge in [-0.25, -0.2) is 15.0 Å². The first kappa shape index (κ1) is 19.8. The molecule has 1 aliphatic carbocycles. The number of rotatable bonds is 6. The van der Waals surface area contributed by atoms with Crippen LogP contribution < -0.4 is 5.32 Å². The Morgan fingerprint density at radius 2 is 2.06 bits per heavy atom. The molecular formula is C21H23N7O2S. The van der Waals surface area contributed by atoms with Crippen molar-refractivity contribution in [2.45, 2.75) is 31.2 Å². The molecular weight excluding hydrogens is 414 g/mol. The van der Waals surface area contributed by atoms with E-state index in [-0.39, 0.29) is 29.7 Å². The van der Waals surface area contributed by atoms with Gasteiger partial charge in [0.15, 0.2) is 10.8 Å².